The third kappa shape index (κ3) is 2.77. The van der Waals surface area contributed by atoms with E-state index in [-0.39, 0.29) is 18.2 Å². The lowest BCUT2D eigenvalue weighted by Gasteiger charge is -2.30. The first-order valence-corrected chi connectivity index (χ1v) is 7.08. The van der Waals surface area contributed by atoms with Crippen LogP contribution in [0.5, 0.6) is 0 Å². The first-order valence-electron chi connectivity index (χ1n) is 7.08. The number of halogens is 1. The van der Waals surface area contributed by atoms with Crippen molar-refractivity contribution in [3.63, 3.8) is 0 Å². The van der Waals surface area contributed by atoms with Gasteiger partial charge in [-0.05, 0) is 37.0 Å². The van der Waals surface area contributed by atoms with E-state index in [0.29, 0.717) is 18.7 Å². The average Bonchev–Trinajstić information content (AvgIpc) is 2.80. The summed E-state index contributed by atoms with van der Waals surface area (Å²) in [6.45, 7) is 5.64. The smallest absolute Gasteiger partial charge is 0.310 e. The number of anilines is 1. The molecule has 0 saturated heterocycles. The molecule has 0 aliphatic carbocycles. The third-order valence-electron chi connectivity index (χ3n) is 4.53. The number of carboxylic acids is 1. The van der Waals surface area contributed by atoms with Crippen molar-refractivity contribution in [2.24, 2.45) is 11.3 Å². The monoisotopic (exact) mass is 293 g/mol. The molecule has 0 fully saturated rings. The molecule has 0 aromatic heterocycles. The SMILES string of the molecule is CC(C)C(C)(CC(=O)N1CCc2ccc(F)cc21)C(=O)O. The fourth-order valence-corrected chi connectivity index (χ4v) is 2.55. The highest BCUT2D eigenvalue weighted by atomic mass is 19.1. The Labute approximate surface area is 123 Å². The first-order chi connectivity index (χ1) is 9.75. The summed E-state index contributed by atoms with van der Waals surface area (Å²) in [5.74, 6) is -1.81. The van der Waals surface area contributed by atoms with Crippen LogP contribution in [0.4, 0.5) is 10.1 Å². The molecule has 1 amide bonds. The number of nitrogens with zero attached hydrogens (tertiary/aromatic N) is 1. The number of carbonyl (C=O) groups is 2. The van der Waals surface area contributed by atoms with Crippen molar-refractivity contribution in [2.75, 3.05) is 11.4 Å². The average molecular weight is 293 g/mol. The lowest BCUT2D eigenvalue weighted by atomic mass is 9.76. The van der Waals surface area contributed by atoms with Crippen LogP contribution in [-0.2, 0) is 16.0 Å². The molecule has 1 aliphatic heterocycles. The number of hydrogen-bond acceptors (Lipinski definition) is 2. The van der Waals surface area contributed by atoms with Gasteiger partial charge < -0.3 is 10.0 Å². The van der Waals surface area contributed by atoms with Crippen molar-refractivity contribution in [3.8, 4) is 0 Å². The molecule has 0 spiro atoms. The van der Waals surface area contributed by atoms with E-state index in [1.807, 2.05) is 0 Å². The van der Waals surface area contributed by atoms with Gasteiger partial charge in [-0.2, -0.15) is 0 Å². The van der Waals surface area contributed by atoms with Gasteiger partial charge in [0, 0.05) is 18.7 Å². The Kier molecular flexibility index (Phi) is 4.03. The van der Waals surface area contributed by atoms with E-state index < -0.39 is 17.2 Å². The van der Waals surface area contributed by atoms with Crippen molar-refractivity contribution in [1.82, 2.24) is 0 Å². The van der Waals surface area contributed by atoms with E-state index in [2.05, 4.69) is 0 Å². The van der Waals surface area contributed by atoms with Crippen LogP contribution in [0.25, 0.3) is 0 Å². The molecule has 1 atom stereocenters. The van der Waals surface area contributed by atoms with Crippen LogP contribution in [0.2, 0.25) is 0 Å². The van der Waals surface area contributed by atoms with Crippen molar-refractivity contribution >= 4 is 17.6 Å². The van der Waals surface area contributed by atoms with Crippen LogP contribution in [0.1, 0.15) is 32.8 Å². The molecule has 4 nitrogen and oxygen atoms in total. The summed E-state index contributed by atoms with van der Waals surface area (Å²) < 4.78 is 13.4. The fraction of sp³-hybridized carbons (Fsp3) is 0.500. The largest absolute Gasteiger partial charge is 0.481 e. The number of fused-ring (bicyclic) bond motifs is 1. The van der Waals surface area contributed by atoms with Gasteiger partial charge in [-0.25, -0.2) is 4.39 Å². The van der Waals surface area contributed by atoms with Gasteiger partial charge in [0.05, 0.1) is 5.41 Å². The van der Waals surface area contributed by atoms with E-state index >= 15 is 0 Å². The van der Waals surface area contributed by atoms with Crippen LogP contribution < -0.4 is 4.90 Å². The van der Waals surface area contributed by atoms with Gasteiger partial charge in [0.2, 0.25) is 5.91 Å². The second-order valence-corrected chi connectivity index (χ2v) is 6.12. The van der Waals surface area contributed by atoms with E-state index in [1.165, 1.54) is 17.0 Å². The maximum Gasteiger partial charge on any atom is 0.310 e. The summed E-state index contributed by atoms with van der Waals surface area (Å²) in [5, 5.41) is 9.40. The fourth-order valence-electron chi connectivity index (χ4n) is 2.55. The predicted molar refractivity (Wildman–Crippen MR) is 77.7 cm³/mol. The topological polar surface area (TPSA) is 57.6 Å². The quantitative estimate of drug-likeness (QED) is 0.928. The Morgan fingerprint density at radius 2 is 2.10 bits per heavy atom. The third-order valence-corrected chi connectivity index (χ3v) is 4.53. The van der Waals surface area contributed by atoms with Gasteiger partial charge in [-0.15, -0.1) is 0 Å². The molecule has 114 valence electrons. The number of carbonyl (C=O) groups excluding carboxylic acids is 1. The Hall–Kier alpha value is -1.91. The summed E-state index contributed by atoms with van der Waals surface area (Å²) >= 11 is 0. The standard InChI is InChI=1S/C16H20FNO3/c1-10(2)16(3,15(20)21)9-14(19)18-7-6-11-4-5-12(17)8-13(11)18/h4-5,8,10H,6-7,9H2,1-3H3,(H,20,21). The lowest BCUT2D eigenvalue weighted by Crippen LogP contribution is -2.40. The molecule has 0 bridgehead atoms. The summed E-state index contributed by atoms with van der Waals surface area (Å²) in [6.07, 6.45) is 0.586. The summed E-state index contributed by atoms with van der Waals surface area (Å²) in [4.78, 5) is 25.5. The molecular formula is C16H20FNO3. The molecule has 1 aromatic carbocycles. The number of hydrogen-bond donors (Lipinski definition) is 1. The number of amides is 1. The van der Waals surface area contributed by atoms with Crippen molar-refractivity contribution in [2.45, 2.75) is 33.6 Å². The molecular weight excluding hydrogens is 273 g/mol. The summed E-state index contributed by atoms with van der Waals surface area (Å²) in [5.41, 5.74) is 0.371. The summed E-state index contributed by atoms with van der Waals surface area (Å²) in [6, 6.07) is 4.40. The minimum Gasteiger partial charge on any atom is -0.481 e. The van der Waals surface area contributed by atoms with Gasteiger partial charge >= 0.3 is 5.97 Å². The van der Waals surface area contributed by atoms with Gasteiger partial charge in [0.25, 0.3) is 0 Å². The minimum absolute atomic E-state index is 0.0873. The zero-order chi connectivity index (χ0) is 15.8. The molecule has 21 heavy (non-hydrogen) atoms. The Morgan fingerprint density at radius 1 is 1.43 bits per heavy atom. The number of rotatable bonds is 4. The first kappa shape index (κ1) is 15.5. The van der Waals surface area contributed by atoms with Crippen LogP contribution in [0.15, 0.2) is 18.2 Å². The maximum atomic E-state index is 13.4. The van der Waals surface area contributed by atoms with Crippen LogP contribution in [0.3, 0.4) is 0 Å². The van der Waals surface area contributed by atoms with Gasteiger partial charge in [-0.1, -0.05) is 19.9 Å². The summed E-state index contributed by atoms with van der Waals surface area (Å²) in [7, 11) is 0. The van der Waals surface area contributed by atoms with Crippen molar-refractivity contribution < 1.29 is 19.1 Å². The molecule has 2 rings (SSSR count). The van der Waals surface area contributed by atoms with Crippen LogP contribution in [-0.4, -0.2) is 23.5 Å². The highest BCUT2D eigenvalue weighted by Gasteiger charge is 2.40. The molecule has 1 aromatic rings. The Balaban J connectivity index is 2.24. The molecule has 0 radical (unpaired) electrons. The highest BCUT2D eigenvalue weighted by Crippen LogP contribution is 2.35. The molecule has 1 aliphatic rings. The minimum atomic E-state index is -1.12. The lowest BCUT2D eigenvalue weighted by molar-refractivity contribution is -0.153. The van der Waals surface area contributed by atoms with E-state index in [1.54, 1.807) is 26.8 Å². The molecule has 1 heterocycles. The van der Waals surface area contributed by atoms with Crippen molar-refractivity contribution in [3.05, 3.63) is 29.6 Å². The zero-order valence-corrected chi connectivity index (χ0v) is 12.5. The number of benzene rings is 1. The zero-order valence-electron chi connectivity index (χ0n) is 12.5. The maximum absolute atomic E-state index is 13.4. The number of aliphatic carboxylic acids is 1. The van der Waals surface area contributed by atoms with E-state index in [0.717, 1.165) is 5.56 Å². The highest BCUT2D eigenvalue weighted by molar-refractivity contribution is 5.98. The van der Waals surface area contributed by atoms with Crippen molar-refractivity contribution in [1.29, 1.82) is 0 Å². The number of carboxylic acid groups (broad SMARTS) is 1. The molecule has 1 N–H and O–H groups in total. The normalized spacial score (nSPS) is 16.7. The van der Waals surface area contributed by atoms with Crippen LogP contribution >= 0.6 is 0 Å². The molecule has 0 saturated carbocycles. The Bertz CT molecular complexity index is 585. The second kappa shape index (κ2) is 5.47. The van der Waals surface area contributed by atoms with E-state index in [4.69, 9.17) is 0 Å². The second-order valence-electron chi connectivity index (χ2n) is 6.12. The predicted octanol–water partition coefficient (Wildman–Crippen LogP) is 2.85. The van der Waals surface area contributed by atoms with Gasteiger partial charge in [-0.3, -0.25) is 9.59 Å². The molecule has 5 heteroatoms. The van der Waals surface area contributed by atoms with Gasteiger partial charge in [0.15, 0.2) is 0 Å². The van der Waals surface area contributed by atoms with Gasteiger partial charge in [0.1, 0.15) is 5.82 Å². The van der Waals surface area contributed by atoms with Crippen LogP contribution in [0, 0.1) is 17.2 Å². The molecule has 1 unspecified atom stereocenters. The van der Waals surface area contributed by atoms with E-state index in [9.17, 15) is 19.1 Å². The Morgan fingerprint density at radius 3 is 2.67 bits per heavy atom.